The summed E-state index contributed by atoms with van der Waals surface area (Å²) in [6.07, 6.45) is -8.95. The average Bonchev–Trinajstić information content (AvgIpc) is 3.13. The number of amides is 1. The van der Waals surface area contributed by atoms with E-state index in [1.54, 1.807) is 6.07 Å². The molecule has 0 saturated carbocycles. The van der Waals surface area contributed by atoms with Gasteiger partial charge in [-0.3, -0.25) is 14.7 Å². The van der Waals surface area contributed by atoms with Gasteiger partial charge in [-0.1, -0.05) is 30.0 Å². The molecule has 0 bridgehead atoms. The summed E-state index contributed by atoms with van der Waals surface area (Å²) in [5, 5.41) is 0.326. The van der Waals surface area contributed by atoms with Gasteiger partial charge < -0.3 is 0 Å². The number of nitrogens with zero attached hydrogens (tertiary/aromatic N) is 2. The Labute approximate surface area is 166 Å². The smallest absolute Gasteiger partial charge is 0.286 e. The predicted octanol–water partition coefficient (Wildman–Crippen LogP) is 5.47. The zero-order chi connectivity index (χ0) is 21.2. The molecule has 1 aliphatic rings. The summed E-state index contributed by atoms with van der Waals surface area (Å²) in [7, 11) is 0. The highest BCUT2D eigenvalue weighted by Gasteiger charge is 2.32. The molecule has 10 heteroatoms. The molecule has 2 aromatic carbocycles. The largest absolute Gasteiger partial charge is 0.416 e. The van der Waals surface area contributed by atoms with Crippen LogP contribution in [0.5, 0.6) is 0 Å². The molecule has 0 aliphatic carbocycles. The minimum atomic E-state index is -4.50. The summed E-state index contributed by atoms with van der Waals surface area (Å²) in [5.41, 5.74) is -1.13. The maximum Gasteiger partial charge on any atom is 0.416 e. The lowest BCUT2D eigenvalue weighted by molar-refractivity contribution is -0.138. The Morgan fingerprint density at radius 2 is 1.62 bits per heavy atom. The van der Waals surface area contributed by atoms with E-state index < -0.39 is 29.4 Å². The second kappa shape index (κ2) is 8.10. The van der Waals surface area contributed by atoms with Crippen molar-refractivity contribution in [3.8, 4) is 0 Å². The van der Waals surface area contributed by atoms with Gasteiger partial charge in [-0.05, 0) is 35.9 Å². The van der Waals surface area contributed by atoms with Gasteiger partial charge in [-0.2, -0.15) is 26.3 Å². The highest BCUT2D eigenvalue weighted by molar-refractivity contribution is 8.13. The Hall–Kier alpha value is -2.49. The fourth-order valence-corrected chi connectivity index (χ4v) is 3.67. The molecule has 2 aromatic rings. The second-order valence-corrected chi connectivity index (χ2v) is 7.13. The monoisotopic (exact) mass is 432 g/mol. The average molecular weight is 432 g/mol. The quantitative estimate of drug-likeness (QED) is 0.603. The lowest BCUT2D eigenvalue weighted by Gasteiger charge is -2.18. The van der Waals surface area contributed by atoms with Crippen molar-refractivity contribution in [1.82, 2.24) is 4.90 Å². The summed E-state index contributed by atoms with van der Waals surface area (Å²) >= 11 is 1.10. The lowest BCUT2D eigenvalue weighted by atomic mass is 10.1. The van der Waals surface area contributed by atoms with E-state index in [1.807, 2.05) is 0 Å². The molecule has 0 N–H and O–H groups in total. The van der Waals surface area contributed by atoms with E-state index in [-0.39, 0.29) is 17.9 Å². The molecule has 0 saturated heterocycles. The Balaban J connectivity index is 1.68. The van der Waals surface area contributed by atoms with E-state index in [1.165, 1.54) is 11.0 Å². The van der Waals surface area contributed by atoms with Crippen LogP contribution in [-0.4, -0.2) is 29.1 Å². The maximum absolute atomic E-state index is 12.8. The first-order valence-electron chi connectivity index (χ1n) is 8.38. The summed E-state index contributed by atoms with van der Waals surface area (Å²) in [6.45, 7) is 0.572. The summed E-state index contributed by atoms with van der Waals surface area (Å²) < 4.78 is 76.4. The fraction of sp³-hybridized carbons (Fsp3) is 0.263. The van der Waals surface area contributed by atoms with Crippen molar-refractivity contribution < 1.29 is 31.1 Å². The van der Waals surface area contributed by atoms with Crippen molar-refractivity contribution in [1.29, 1.82) is 0 Å². The van der Waals surface area contributed by atoms with E-state index in [0.717, 1.165) is 48.2 Å². The number of rotatable bonds is 3. The summed E-state index contributed by atoms with van der Waals surface area (Å²) in [4.78, 5) is 18.1. The number of aliphatic imine (C=N–C) groups is 1. The third-order valence-corrected chi connectivity index (χ3v) is 5.21. The van der Waals surface area contributed by atoms with Crippen molar-refractivity contribution in [2.24, 2.45) is 4.99 Å². The van der Waals surface area contributed by atoms with Crippen molar-refractivity contribution in [3.05, 3.63) is 70.8 Å². The molecule has 0 atom stereocenters. The summed E-state index contributed by atoms with van der Waals surface area (Å²) in [5.74, 6) is -0.342. The Morgan fingerprint density at radius 1 is 0.966 bits per heavy atom. The lowest BCUT2D eigenvalue weighted by Crippen LogP contribution is -2.32. The minimum Gasteiger partial charge on any atom is -0.286 e. The van der Waals surface area contributed by atoms with Crippen LogP contribution >= 0.6 is 11.8 Å². The van der Waals surface area contributed by atoms with Gasteiger partial charge in [-0.25, -0.2) is 0 Å². The van der Waals surface area contributed by atoms with Crippen molar-refractivity contribution >= 4 is 22.8 Å². The maximum atomic E-state index is 12.8. The van der Waals surface area contributed by atoms with Gasteiger partial charge in [0.05, 0.1) is 17.7 Å². The minimum absolute atomic E-state index is 0.0762. The number of hydrogen-bond donors (Lipinski definition) is 0. The molecule has 0 spiro atoms. The van der Waals surface area contributed by atoms with E-state index >= 15 is 0 Å². The third-order valence-electron chi connectivity index (χ3n) is 4.13. The molecule has 29 heavy (non-hydrogen) atoms. The van der Waals surface area contributed by atoms with Crippen LogP contribution in [0, 0.1) is 0 Å². The van der Waals surface area contributed by atoms with Crippen molar-refractivity contribution in [3.63, 3.8) is 0 Å². The van der Waals surface area contributed by atoms with E-state index in [9.17, 15) is 31.1 Å². The van der Waals surface area contributed by atoms with E-state index in [2.05, 4.69) is 4.99 Å². The molecule has 1 amide bonds. The van der Waals surface area contributed by atoms with Gasteiger partial charge in [0.15, 0.2) is 5.17 Å². The molecule has 0 radical (unpaired) electrons. The van der Waals surface area contributed by atoms with Crippen LogP contribution in [0.2, 0.25) is 0 Å². The third kappa shape index (κ3) is 5.11. The van der Waals surface area contributed by atoms with Crippen molar-refractivity contribution in [2.75, 3.05) is 13.1 Å². The molecule has 0 aromatic heterocycles. The Bertz CT molecular complexity index is 922. The van der Waals surface area contributed by atoms with Gasteiger partial charge in [0, 0.05) is 17.9 Å². The van der Waals surface area contributed by atoms with Crippen LogP contribution in [0.25, 0.3) is 0 Å². The predicted molar refractivity (Wildman–Crippen MR) is 97.5 cm³/mol. The van der Waals surface area contributed by atoms with Crippen LogP contribution in [0.3, 0.4) is 0 Å². The summed E-state index contributed by atoms with van der Waals surface area (Å²) in [6, 6.07) is 8.70. The van der Waals surface area contributed by atoms with Gasteiger partial charge in [0.2, 0.25) is 0 Å². The molecule has 1 aliphatic heterocycles. The number of carbonyl (C=O) groups excluding carboxylic acids is 1. The standard InChI is InChI=1S/C19H14F6N2OS/c20-18(21,22)14-6-4-13(5-7-14)16(28)27-9-8-26-17(27)29-11-12-2-1-3-15(10-12)19(23,24)25/h1-7,10H,8-9,11H2. The zero-order valence-electron chi connectivity index (χ0n) is 14.7. The highest BCUT2D eigenvalue weighted by Crippen LogP contribution is 2.31. The number of hydrogen-bond acceptors (Lipinski definition) is 3. The zero-order valence-corrected chi connectivity index (χ0v) is 15.5. The number of alkyl halides is 6. The topological polar surface area (TPSA) is 32.7 Å². The molecular weight excluding hydrogens is 418 g/mol. The fourth-order valence-electron chi connectivity index (χ4n) is 2.68. The molecule has 1 heterocycles. The van der Waals surface area contributed by atoms with Crippen LogP contribution in [0.15, 0.2) is 53.5 Å². The Morgan fingerprint density at radius 3 is 2.24 bits per heavy atom. The molecule has 3 nitrogen and oxygen atoms in total. The van der Waals surface area contributed by atoms with Crippen LogP contribution in [-0.2, 0) is 18.1 Å². The molecule has 3 rings (SSSR count). The normalized spacial score (nSPS) is 14.8. The van der Waals surface area contributed by atoms with Gasteiger partial charge >= 0.3 is 12.4 Å². The molecular formula is C19H14F6N2OS. The van der Waals surface area contributed by atoms with Crippen LogP contribution in [0.1, 0.15) is 27.0 Å². The number of thioether (sulfide) groups is 1. The highest BCUT2D eigenvalue weighted by atomic mass is 32.2. The number of benzene rings is 2. The second-order valence-electron chi connectivity index (χ2n) is 6.18. The van der Waals surface area contributed by atoms with Crippen LogP contribution in [0.4, 0.5) is 26.3 Å². The first-order chi connectivity index (χ1) is 13.6. The first-order valence-corrected chi connectivity index (χ1v) is 9.37. The van der Waals surface area contributed by atoms with E-state index in [4.69, 9.17) is 0 Å². The number of carbonyl (C=O) groups is 1. The molecule has 154 valence electrons. The Kier molecular flexibility index (Phi) is 5.92. The van der Waals surface area contributed by atoms with Gasteiger partial charge in [-0.15, -0.1) is 0 Å². The molecule has 0 fully saturated rings. The molecule has 0 unspecified atom stereocenters. The first kappa shape index (κ1) is 21.2. The van der Waals surface area contributed by atoms with Gasteiger partial charge in [0.25, 0.3) is 5.91 Å². The van der Waals surface area contributed by atoms with Gasteiger partial charge in [0.1, 0.15) is 0 Å². The SMILES string of the molecule is O=C(c1ccc(C(F)(F)F)cc1)N1CCN=C1SCc1cccc(C(F)(F)F)c1. The van der Waals surface area contributed by atoms with E-state index in [0.29, 0.717) is 17.3 Å². The number of amidine groups is 1. The van der Waals surface area contributed by atoms with Crippen LogP contribution < -0.4 is 0 Å². The number of halogens is 6. The van der Waals surface area contributed by atoms with Crippen molar-refractivity contribution in [2.45, 2.75) is 18.1 Å².